The summed E-state index contributed by atoms with van der Waals surface area (Å²) in [5, 5.41) is 2.24. The van der Waals surface area contributed by atoms with Gasteiger partial charge < -0.3 is 9.47 Å². The molecule has 2 saturated heterocycles. The summed E-state index contributed by atoms with van der Waals surface area (Å²) < 4.78 is 11.4. The topological polar surface area (TPSA) is 105 Å². The summed E-state index contributed by atoms with van der Waals surface area (Å²) in [5.41, 5.74) is 1.03. The van der Waals surface area contributed by atoms with Crippen LogP contribution in [0.2, 0.25) is 0 Å². The fraction of sp³-hybridized carbons (Fsp3) is 0.385. The third-order valence-electron chi connectivity index (χ3n) is 6.88. The van der Waals surface area contributed by atoms with E-state index in [4.69, 9.17) is 9.47 Å². The minimum Gasteiger partial charge on any atom is -0.488 e. The lowest BCUT2D eigenvalue weighted by Crippen LogP contribution is -2.62. The highest BCUT2D eigenvalue weighted by Gasteiger charge is 2.53. The van der Waals surface area contributed by atoms with E-state index in [2.05, 4.69) is 22.3 Å². The Bertz CT molecular complexity index is 1190. The number of morpholine rings is 1. The number of ether oxygens (including phenoxy) is 2. The van der Waals surface area contributed by atoms with Gasteiger partial charge in [-0.1, -0.05) is 30.3 Å². The van der Waals surface area contributed by atoms with Crippen LogP contribution in [0.15, 0.2) is 42.5 Å². The number of nitrogens with zero attached hydrogens (tertiary/aromatic N) is 2. The molecule has 0 aromatic heterocycles. The van der Waals surface area contributed by atoms with E-state index >= 15 is 0 Å². The molecule has 182 valence electrons. The molecule has 9 nitrogen and oxygen atoms in total. The van der Waals surface area contributed by atoms with Crippen molar-refractivity contribution in [3.63, 3.8) is 0 Å². The van der Waals surface area contributed by atoms with Crippen LogP contribution in [0, 0.1) is 0 Å². The lowest BCUT2D eigenvalue weighted by molar-refractivity contribution is -0.140. The molecule has 2 fully saturated rings. The summed E-state index contributed by atoms with van der Waals surface area (Å²) in [6.45, 7) is 5.95. The van der Waals surface area contributed by atoms with Gasteiger partial charge in [0.15, 0.2) is 0 Å². The Balaban J connectivity index is 1.30. The fourth-order valence-corrected chi connectivity index (χ4v) is 4.75. The van der Waals surface area contributed by atoms with Crippen molar-refractivity contribution in [1.82, 2.24) is 15.1 Å². The van der Waals surface area contributed by atoms with Gasteiger partial charge in [-0.2, -0.15) is 0 Å². The summed E-state index contributed by atoms with van der Waals surface area (Å²) in [6, 6.07) is 12.9. The van der Waals surface area contributed by atoms with E-state index in [1.54, 1.807) is 18.2 Å². The molecule has 0 aliphatic carbocycles. The number of carbonyl (C=O) groups excluding carboxylic acids is 4. The van der Waals surface area contributed by atoms with Gasteiger partial charge in [-0.15, -0.1) is 0 Å². The first-order valence-electron chi connectivity index (χ1n) is 11.7. The predicted octanol–water partition coefficient (Wildman–Crippen LogP) is 1.89. The summed E-state index contributed by atoms with van der Waals surface area (Å²) in [7, 11) is 0. The average Bonchev–Trinajstić information content (AvgIpc) is 3.13. The number of benzene rings is 2. The molecule has 0 saturated carbocycles. The Kier molecular flexibility index (Phi) is 6.12. The molecule has 0 bridgehead atoms. The van der Waals surface area contributed by atoms with Gasteiger partial charge >= 0.3 is 0 Å². The smallest absolute Gasteiger partial charge is 0.266 e. The first kappa shape index (κ1) is 23.2. The maximum Gasteiger partial charge on any atom is 0.266 e. The van der Waals surface area contributed by atoms with Crippen molar-refractivity contribution in [2.24, 2.45) is 0 Å². The van der Waals surface area contributed by atoms with E-state index in [0.29, 0.717) is 0 Å². The number of piperidine rings is 1. The van der Waals surface area contributed by atoms with E-state index in [1.165, 1.54) is 12.5 Å². The second-order valence-corrected chi connectivity index (χ2v) is 9.27. The standard InChI is InChI=1S/C26H27N3O6/c1-26(10-9-21(30)27-25(26)33)29-23(31)19-3-2-4-20(22(19)24(29)32)35-16-18-7-5-17(6-8-18)15-28-11-13-34-14-12-28/h2-8H,9-16H2,1H3,(H,27,30,33). The molecule has 2 aromatic carbocycles. The Morgan fingerprint density at radius 2 is 1.69 bits per heavy atom. The Hall–Kier alpha value is -3.56. The van der Waals surface area contributed by atoms with Crippen molar-refractivity contribution >= 4 is 23.6 Å². The zero-order valence-corrected chi connectivity index (χ0v) is 19.5. The predicted molar refractivity (Wildman–Crippen MR) is 125 cm³/mol. The largest absolute Gasteiger partial charge is 0.488 e. The molecule has 1 N–H and O–H groups in total. The molecule has 3 aliphatic rings. The van der Waals surface area contributed by atoms with E-state index in [0.717, 1.165) is 43.3 Å². The zero-order valence-electron chi connectivity index (χ0n) is 19.5. The Morgan fingerprint density at radius 1 is 0.971 bits per heavy atom. The maximum atomic E-state index is 13.4. The Morgan fingerprint density at radius 3 is 2.40 bits per heavy atom. The first-order chi connectivity index (χ1) is 16.9. The van der Waals surface area contributed by atoms with Crippen molar-refractivity contribution in [3.8, 4) is 5.75 Å². The van der Waals surface area contributed by atoms with Crippen LogP contribution in [-0.4, -0.2) is 65.3 Å². The Labute approximate surface area is 203 Å². The molecule has 2 aromatic rings. The molecule has 35 heavy (non-hydrogen) atoms. The SMILES string of the molecule is CC1(N2C(=O)c3cccc(OCc4ccc(CN5CCOCC5)cc4)c3C2=O)CCC(=O)NC1=O. The minimum atomic E-state index is -1.44. The molecule has 1 unspecified atom stereocenters. The van der Waals surface area contributed by atoms with Gasteiger partial charge in [0.25, 0.3) is 17.7 Å². The highest BCUT2D eigenvalue weighted by Crippen LogP contribution is 2.38. The second-order valence-electron chi connectivity index (χ2n) is 9.27. The number of hydrogen-bond acceptors (Lipinski definition) is 7. The van der Waals surface area contributed by atoms with E-state index < -0.39 is 29.2 Å². The number of rotatable bonds is 6. The molecule has 3 heterocycles. The van der Waals surface area contributed by atoms with Gasteiger partial charge in [0.05, 0.1) is 24.3 Å². The maximum absolute atomic E-state index is 13.4. The third kappa shape index (κ3) is 4.33. The van der Waals surface area contributed by atoms with Crippen molar-refractivity contribution in [3.05, 3.63) is 64.7 Å². The van der Waals surface area contributed by atoms with Crippen LogP contribution in [0.25, 0.3) is 0 Å². The fourth-order valence-electron chi connectivity index (χ4n) is 4.75. The number of hydrogen-bond donors (Lipinski definition) is 1. The highest BCUT2D eigenvalue weighted by molar-refractivity contribution is 6.25. The van der Waals surface area contributed by atoms with Gasteiger partial charge in [0.1, 0.15) is 17.9 Å². The monoisotopic (exact) mass is 477 g/mol. The number of imide groups is 2. The third-order valence-corrected chi connectivity index (χ3v) is 6.88. The number of amides is 4. The summed E-state index contributed by atoms with van der Waals surface area (Å²) >= 11 is 0. The van der Waals surface area contributed by atoms with Crippen LogP contribution in [0.1, 0.15) is 51.6 Å². The van der Waals surface area contributed by atoms with Crippen molar-refractivity contribution in [1.29, 1.82) is 0 Å². The second kappa shape index (κ2) is 9.24. The molecule has 0 spiro atoms. The summed E-state index contributed by atoms with van der Waals surface area (Å²) in [4.78, 5) is 54.0. The lowest BCUT2D eigenvalue weighted by atomic mass is 9.89. The highest BCUT2D eigenvalue weighted by atomic mass is 16.5. The number of nitrogens with one attached hydrogen (secondary N) is 1. The molecule has 3 aliphatic heterocycles. The van der Waals surface area contributed by atoms with E-state index in [9.17, 15) is 19.2 Å². The molecule has 9 heteroatoms. The first-order valence-corrected chi connectivity index (χ1v) is 11.7. The van der Waals surface area contributed by atoms with Gasteiger partial charge in [0, 0.05) is 26.1 Å². The van der Waals surface area contributed by atoms with Crippen molar-refractivity contribution in [2.45, 2.75) is 38.5 Å². The lowest BCUT2D eigenvalue weighted by Gasteiger charge is -2.38. The van der Waals surface area contributed by atoms with Crippen LogP contribution in [-0.2, 0) is 27.5 Å². The van der Waals surface area contributed by atoms with Crippen molar-refractivity contribution in [2.75, 3.05) is 26.3 Å². The van der Waals surface area contributed by atoms with Crippen LogP contribution in [0.4, 0.5) is 0 Å². The van der Waals surface area contributed by atoms with Gasteiger partial charge in [-0.05, 0) is 36.6 Å². The van der Waals surface area contributed by atoms with Crippen LogP contribution < -0.4 is 10.1 Å². The molecule has 4 amide bonds. The van der Waals surface area contributed by atoms with Crippen LogP contribution in [0.3, 0.4) is 0 Å². The number of fused-ring (bicyclic) bond motifs is 1. The van der Waals surface area contributed by atoms with E-state index in [1.807, 2.05) is 12.1 Å². The van der Waals surface area contributed by atoms with Crippen LogP contribution in [0.5, 0.6) is 5.75 Å². The summed E-state index contributed by atoms with van der Waals surface area (Å²) in [6.07, 6.45) is 0.136. The quantitative estimate of drug-likeness (QED) is 0.634. The molecular weight excluding hydrogens is 450 g/mol. The van der Waals surface area contributed by atoms with Gasteiger partial charge in [-0.3, -0.25) is 34.3 Å². The molecular formula is C26H27N3O6. The van der Waals surface area contributed by atoms with Gasteiger partial charge in [0.2, 0.25) is 5.91 Å². The van der Waals surface area contributed by atoms with Crippen LogP contribution >= 0.6 is 0 Å². The van der Waals surface area contributed by atoms with Crippen molar-refractivity contribution < 1.29 is 28.7 Å². The normalized spacial score (nSPS) is 22.8. The molecule has 5 rings (SSSR count). The molecule has 1 atom stereocenters. The van der Waals surface area contributed by atoms with Gasteiger partial charge in [-0.25, -0.2) is 0 Å². The minimum absolute atomic E-state index is 0.0561. The average molecular weight is 478 g/mol. The zero-order chi connectivity index (χ0) is 24.6. The van der Waals surface area contributed by atoms with E-state index in [-0.39, 0.29) is 36.3 Å². The molecule has 0 radical (unpaired) electrons. The summed E-state index contributed by atoms with van der Waals surface area (Å²) in [5.74, 6) is -1.92. The number of carbonyl (C=O) groups is 4.